The van der Waals surface area contributed by atoms with Crippen LogP contribution in [0.3, 0.4) is 0 Å². The van der Waals surface area contributed by atoms with Crippen molar-refractivity contribution in [3.63, 3.8) is 0 Å². The van der Waals surface area contributed by atoms with Gasteiger partial charge in [0.25, 0.3) is 5.91 Å². The van der Waals surface area contributed by atoms with E-state index < -0.39 is 24.2 Å². The summed E-state index contributed by atoms with van der Waals surface area (Å²) in [7, 11) is 0. The van der Waals surface area contributed by atoms with E-state index in [4.69, 9.17) is 4.74 Å². The number of hydrogen-bond acceptors (Lipinski definition) is 4. The molecule has 0 bridgehead atoms. The third-order valence-electron chi connectivity index (χ3n) is 5.65. The third kappa shape index (κ3) is 6.94. The predicted octanol–water partition coefficient (Wildman–Crippen LogP) is 4.64. The molecule has 178 valence electrons. The summed E-state index contributed by atoms with van der Waals surface area (Å²) in [4.78, 5) is 28.1. The van der Waals surface area contributed by atoms with Crippen LogP contribution in [-0.4, -0.2) is 35.1 Å². The highest BCUT2D eigenvalue weighted by atomic mass is 19.4. The van der Waals surface area contributed by atoms with Crippen LogP contribution in [0.1, 0.15) is 66.7 Å². The van der Waals surface area contributed by atoms with Gasteiger partial charge in [-0.25, -0.2) is 4.98 Å². The lowest BCUT2D eigenvalue weighted by Gasteiger charge is -2.27. The molecule has 1 heterocycles. The first-order valence-electron chi connectivity index (χ1n) is 11.0. The molecular weight excluding hydrogens is 435 g/mol. The standard InChI is InChI=1S/C24H28F3N3O3/c1-15-8-10-17(11-9-15)21(16(2)29-23(32)24(25,26)27)33-19-12-13-20(28-14-19)22(31)30-18-6-4-3-5-7-18/h8-14,16,18,21H,3-7H2,1-2H3,(H,29,32)(H,30,31)/t16-,21-/m0/s1. The normalized spacial score (nSPS) is 16.5. The number of carbonyl (C=O) groups excluding carboxylic acids is 2. The number of nitrogens with zero attached hydrogens (tertiary/aromatic N) is 1. The zero-order chi connectivity index (χ0) is 24.0. The maximum absolute atomic E-state index is 12.7. The van der Waals surface area contributed by atoms with Gasteiger partial charge in [-0.05, 0) is 44.4 Å². The van der Waals surface area contributed by atoms with Crippen LogP contribution in [0.15, 0.2) is 42.6 Å². The fraction of sp³-hybridized carbons (Fsp3) is 0.458. The average Bonchev–Trinajstić information content (AvgIpc) is 2.78. The number of rotatable bonds is 7. The number of aryl methyl sites for hydroxylation is 1. The Kier molecular flexibility index (Phi) is 7.94. The minimum atomic E-state index is -5.00. The molecule has 1 fully saturated rings. The number of halogens is 3. The van der Waals surface area contributed by atoms with Gasteiger partial charge in [-0.3, -0.25) is 9.59 Å². The van der Waals surface area contributed by atoms with Gasteiger partial charge in [-0.15, -0.1) is 0 Å². The van der Waals surface area contributed by atoms with Gasteiger partial charge in [0.2, 0.25) is 0 Å². The quantitative estimate of drug-likeness (QED) is 0.627. The minimum absolute atomic E-state index is 0.146. The second kappa shape index (κ2) is 10.7. The molecule has 9 heteroatoms. The maximum Gasteiger partial charge on any atom is 0.471 e. The molecule has 2 amide bonds. The van der Waals surface area contributed by atoms with Crippen molar-refractivity contribution in [1.82, 2.24) is 15.6 Å². The lowest BCUT2D eigenvalue weighted by atomic mass is 9.95. The molecule has 1 saturated carbocycles. The van der Waals surface area contributed by atoms with Crippen LogP contribution in [-0.2, 0) is 4.79 Å². The van der Waals surface area contributed by atoms with Crippen molar-refractivity contribution >= 4 is 11.8 Å². The van der Waals surface area contributed by atoms with Crippen molar-refractivity contribution in [2.75, 3.05) is 0 Å². The van der Waals surface area contributed by atoms with Crippen molar-refractivity contribution < 1.29 is 27.5 Å². The smallest absolute Gasteiger partial charge is 0.471 e. The Bertz CT molecular complexity index is 940. The molecule has 2 aromatic rings. The molecule has 0 saturated heterocycles. The Morgan fingerprint density at radius 3 is 2.30 bits per heavy atom. The van der Waals surface area contributed by atoms with E-state index in [-0.39, 0.29) is 23.4 Å². The molecule has 3 rings (SSSR count). The van der Waals surface area contributed by atoms with E-state index in [9.17, 15) is 22.8 Å². The van der Waals surface area contributed by atoms with Crippen LogP contribution in [0.4, 0.5) is 13.2 Å². The van der Waals surface area contributed by atoms with Crippen molar-refractivity contribution in [1.29, 1.82) is 0 Å². The van der Waals surface area contributed by atoms with Crippen molar-refractivity contribution in [3.8, 4) is 5.75 Å². The molecule has 33 heavy (non-hydrogen) atoms. The SMILES string of the molecule is Cc1ccc([C@@H](Oc2ccc(C(=O)NC3CCCCC3)nc2)[C@H](C)NC(=O)C(F)(F)F)cc1. The average molecular weight is 464 g/mol. The zero-order valence-corrected chi connectivity index (χ0v) is 18.6. The van der Waals surface area contributed by atoms with Crippen molar-refractivity contribution in [2.24, 2.45) is 0 Å². The van der Waals surface area contributed by atoms with E-state index in [1.54, 1.807) is 30.3 Å². The molecule has 0 aliphatic heterocycles. The first kappa shape index (κ1) is 24.5. The number of ether oxygens (including phenoxy) is 1. The highest BCUT2D eigenvalue weighted by molar-refractivity contribution is 5.92. The Balaban J connectivity index is 1.72. The summed E-state index contributed by atoms with van der Waals surface area (Å²) in [5.74, 6) is -2.04. The number of amides is 2. The van der Waals surface area contributed by atoms with E-state index in [2.05, 4.69) is 10.3 Å². The van der Waals surface area contributed by atoms with Crippen molar-refractivity contribution in [2.45, 2.75) is 70.3 Å². The van der Waals surface area contributed by atoms with Gasteiger partial charge < -0.3 is 15.4 Å². The summed E-state index contributed by atoms with van der Waals surface area (Å²) < 4.78 is 44.2. The van der Waals surface area contributed by atoms with E-state index in [0.29, 0.717) is 5.56 Å². The fourth-order valence-corrected chi connectivity index (χ4v) is 3.82. The highest BCUT2D eigenvalue weighted by Gasteiger charge is 2.40. The molecule has 1 aromatic heterocycles. The van der Waals surface area contributed by atoms with Crippen LogP contribution in [0.5, 0.6) is 5.75 Å². The monoisotopic (exact) mass is 463 g/mol. The third-order valence-corrected chi connectivity index (χ3v) is 5.65. The van der Waals surface area contributed by atoms with Gasteiger partial charge in [0, 0.05) is 6.04 Å². The number of nitrogens with one attached hydrogen (secondary N) is 2. The molecule has 0 spiro atoms. The van der Waals surface area contributed by atoms with Crippen LogP contribution in [0, 0.1) is 6.92 Å². The summed E-state index contributed by atoms with van der Waals surface area (Å²) >= 11 is 0. The molecule has 2 atom stereocenters. The second-order valence-corrected chi connectivity index (χ2v) is 8.40. The Labute approximate surface area is 190 Å². The molecule has 1 aliphatic rings. The first-order chi connectivity index (χ1) is 15.6. The molecule has 0 radical (unpaired) electrons. The van der Waals surface area contributed by atoms with Crippen LogP contribution in [0.25, 0.3) is 0 Å². The van der Waals surface area contributed by atoms with Crippen molar-refractivity contribution in [3.05, 3.63) is 59.4 Å². The Hall–Kier alpha value is -3.10. The van der Waals surface area contributed by atoms with E-state index in [1.807, 2.05) is 12.2 Å². The summed E-state index contributed by atoms with van der Waals surface area (Å²) in [5, 5.41) is 4.94. The molecular formula is C24H28F3N3O3. The zero-order valence-electron chi connectivity index (χ0n) is 18.6. The number of carbonyl (C=O) groups is 2. The van der Waals surface area contributed by atoms with E-state index in [0.717, 1.165) is 31.2 Å². The highest BCUT2D eigenvalue weighted by Crippen LogP contribution is 2.26. The van der Waals surface area contributed by atoms with Gasteiger partial charge in [-0.2, -0.15) is 13.2 Å². The molecule has 6 nitrogen and oxygen atoms in total. The molecule has 0 unspecified atom stereocenters. The maximum atomic E-state index is 12.7. The number of aromatic nitrogens is 1. The number of alkyl halides is 3. The summed E-state index contributed by atoms with van der Waals surface area (Å²) in [6.45, 7) is 3.32. The lowest BCUT2D eigenvalue weighted by Crippen LogP contribution is -2.45. The van der Waals surface area contributed by atoms with Gasteiger partial charge >= 0.3 is 12.1 Å². The van der Waals surface area contributed by atoms with Gasteiger partial charge in [-0.1, -0.05) is 49.1 Å². The van der Waals surface area contributed by atoms with Crippen LogP contribution >= 0.6 is 0 Å². The summed E-state index contributed by atoms with van der Waals surface area (Å²) in [5.41, 5.74) is 1.80. The minimum Gasteiger partial charge on any atom is -0.482 e. The molecule has 2 N–H and O–H groups in total. The molecule has 1 aromatic carbocycles. The first-order valence-corrected chi connectivity index (χ1v) is 11.0. The van der Waals surface area contributed by atoms with E-state index >= 15 is 0 Å². The Morgan fingerprint density at radius 1 is 1.06 bits per heavy atom. The van der Waals surface area contributed by atoms with Gasteiger partial charge in [0.05, 0.1) is 12.2 Å². The largest absolute Gasteiger partial charge is 0.482 e. The van der Waals surface area contributed by atoms with Gasteiger partial charge in [0.15, 0.2) is 0 Å². The van der Waals surface area contributed by atoms with Crippen LogP contribution < -0.4 is 15.4 Å². The predicted molar refractivity (Wildman–Crippen MR) is 117 cm³/mol. The topological polar surface area (TPSA) is 80.3 Å². The fourth-order valence-electron chi connectivity index (χ4n) is 3.82. The van der Waals surface area contributed by atoms with E-state index in [1.165, 1.54) is 25.6 Å². The summed E-state index contributed by atoms with van der Waals surface area (Å²) in [6, 6.07) is 9.29. The van der Waals surface area contributed by atoms with Crippen LogP contribution in [0.2, 0.25) is 0 Å². The number of hydrogen-bond donors (Lipinski definition) is 2. The number of pyridine rings is 1. The Morgan fingerprint density at radius 2 is 1.73 bits per heavy atom. The second-order valence-electron chi connectivity index (χ2n) is 8.40. The number of benzene rings is 1. The molecule has 1 aliphatic carbocycles. The summed E-state index contributed by atoms with van der Waals surface area (Å²) in [6.07, 6.45) is 0.722. The van der Waals surface area contributed by atoms with Gasteiger partial charge in [0.1, 0.15) is 17.5 Å². The lowest BCUT2D eigenvalue weighted by molar-refractivity contribution is -0.174.